The molecule has 1 saturated heterocycles. The smallest absolute Gasteiger partial charge is 0.405 e. The number of nitrogens with one attached hydrogen (secondary N) is 4. The van der Waals surface area contributed by atoms with E-state index in [9.17, 15) is 34.2 Å². The topological polar surface area (TPSA) is 236 Å². The van der Waals surface area contributed by atoms with Crippen LogP contribution < -0.4 is 21.7 Å². The third kappa shape index (κ3) is 7.50. The molecule has 3 rings (SSSR count). The first kappa shape index (κ1) is 31.3. The molecule has 2 aromatic rings. The molecule has 0 radical (unpaired) electrons. The number of rotatable bonds is 12. The summed E-state index contributed by atoms with van der Waals surface area (Å²) in [5.41, 5.74) is 6.79. The quantitative estimate of drug-likeness (QED) is 0.142. The lowest BCUT2D eigenvalue weighted by Gasteiger charge is -2.30. The average Bonchev–Trinajstić information content (AvgIpc) is 3.53. The Labute approximate surface area is 235 Å². The van der Waals surface area contributed by atoms with E-state index in [2.05, 4.69) is 15.6 Å². The van der Waals surface area contributed by atoms with Crippen LogP contribution in [-0.4, -0.2) is 111 Å². The van der Waals surface area contributed by atoms with E-state index >= 15 is 0 Å². The molecule has 5 amide bonds. The minimum atomic E-state index is -1.55. The summed E-state index contributed by atoms with van der Waals surface area (Å²) in [5.74, 6) is -3.37. The van der Waals surface area contributed by atoms with Gasteiger partial charge in [0.25, 0.3) is 0 Å². The molecule has 15 heteroatoms. The van der Waals surface area contributed by atoms with Crippen LogP contribution in [-0.2, 0) is 30.3 Å². The van der Waals surface area contributed by atoms with Gasteiger partial charge in [0.15, 0.2) is 0 Å². The van der Waals surface area contributed by atoms with E-state index in [-0.39, 0.29) is 19.4 Å². The van der Waals surface area contributed by atoms with Gasteiger partial charge in [0.05, 0.1) is 18.3 Å². The number of fused-ring (bicyclic) bond motifs is 1. The molecule has 2 heterocycles. The first-order valence-electron chi connectivity index (χ1n) is 13.0. The van der Waals surface area contributed by atoms with Crippen LogP contribution in [0.5, 0.6) is 0 Å². The summed E-state index contributed by atoms with van der Waals surface area (Å²) in [6.45, 7) is 2.44. The highest BCUT2D eigenvalue weighted by molar-refractivity contribution is 5.96. The molecule has 7 atom stereocenters. The summed E-state index contributed by atoms with van der Waals surface area (Å²) in [4.78, 5) is 67.5. The number of H-pyrrole nitrogens is 1. The second-order valence-electron chi connectivity index (χ2n) is 10.0. The maximum atomic E-state index is 13.6. The van der Waals surface area contributed by atoms with Gasteiger partial charge in [-0.3, -0.25) is 19.2 Å². The van der Waals surface area contributed by atoms with Crippen molar-refractivity contribution in [3.63, 3.8) is 0 Å². The summed E-state index contributed by atoms with van der Waals surface area (Å²) in [6.07, 6.45) is -3.16. The number of amides is 5. The van der Waals surface area contributed by atoms with E-state index < -0.39 is 72.2 Å². The van der Waals surface area contributed by atoms with E-state index in [0.29, 0.717) is 5.56 Å². The number of primary amides is 1. The maximum absolute atomic E-state index is 13.6. The van der Waals surface area contributed by atoms with Gasteiger partial charge in [0, 0.05) is 43.6 Å². The zero-order valence-corrected chi connectivity index (χ0v) is 22.9. The summed E-state index contributed by atoms with van der Waals surface area (Å²) in [6, 6.07) is 1.86. The molecular weight excluding hydrogens is 540 g/mol. The highest BCUT2D eigenvalue weighted by Crippen LogP contribution is 2.23. The predicted octanol–water partition coefficient (Wildman–Crippen LogP) is -1.82. The van der Waals surface area contributed by atoms with Crippen LogP contribution in [0.15, 0.2) is 30.5 Å². The molecular formula is C26H36N6O9. The molecule has 0 aliphatic carbocycles. The molecule has 9 N–H and O–H groups in total. The Morgan fingerprint density at radius 1 is 1.07 bits per heavy atom. The van der Waals surface area contributed by atoms with E-state index in [1.807, 2.05) is 23.5 Å². The molecule has 224 valence electrons. The minimum absolute atomic E-state index is 0.0296. The van der Waals surface area contributed by atoms with Gasteiger partial charge in [-0.25, -0.2) is 4.79 Å². The molecule has 1 aliphatic rings. The van der Waals surface area contributed by atoms with Crippen molar-refractivity contribution in [2.45, 2.75) is 69.2 Å². The SMILES string of the molecule is CO[C@@H]1C[C@@H](C(=O)NC(Cc2c[nH]c3ccccc23)C(=O)N[C@H](C(N)=O)[C@@H](C)O)N(C(=O)[C@@H](NC(=O)O)[C@@H](C)O)C1. The van der Waals surface area contributed by atoms with Crippen LogP contribution in [0.25, 0.3) is 10.9 Å². The summed E-state index contributed by atoms with van der Waals surface area (Å²) in [7, 11) is 1.39. The van der Waals surface area contributed by atoms with E-state index in [0.717, 1.165) is 15.8 Å². The van der Waals surface area contributed by atoms with E-state index in [4.69, 9.17) is 15.6 Å². The molecule has 0 spiro atoms. The number of carboxylic acid groups (broad SMARTS) is 1. The number of carbonyl (C=O) groups excluding carboxylic acids is 4. The average molecular weight is 577 g/mol. The zero-order valence-electron chi connectivity index (χ0n) is 22.9. The minimum Gasteiger partial charge on any atom is -0.465 e. The lowest BCUT2D eigenvalue weighted by molar-refractivity contribution is -0.142. The maximum Gasteiger partial charge on any atom is 0.405 e. The van der Waals surface area contributed by atoms with Crippen LogP contribution in [0.4, 0.5) is 4.79 Å². The summed E-state index contributed by atoms with van der Waals surface area (Å²) < 4.78 is 5.35. The molecule has 1 fully saturated rings. The fraction of sp³-hybridized carbons (Fsp3) is 0.500. The van der Waals surface area contributed by atoms with Crippen molar-refractivity contribution in [3.8, 4) is 0 Å². The number of benzene rings is 1. The van der Waals surface area contributed by atoms with Crippen LogP contribution in [0, 0.1) is 0 Å². The molecule has 0 saturated carbocycles. The van der Waals surface area contributed by atoms with Crippen molar-refractivity contribution >= 4 is 40.6 Å². The Morgan fingerprint density at radius 2 is 1.73 bits per heavy atom. The van der Waals surface area contributed by atoms with Gasteiger partial charge >= 0.3 is 6.09 Å². The van der Waals surface area contributed by atoms with Crippen molar-refractivity contribution in [2.75, 3.05) is 13.7 Å². The van der Waals surface area contributed by atoms with E-state index in [1.54, 1.807) is 12.3 Å². The number of nitrogens with two attached hydrogens (primary N) is 1. The first-order chi connectivity index (χ1) is 19.3. The Balaban J connectivity index is 1.91. The molecule has 1 aromatic heterocycles. The Kier molecular flexibility index (Phi) is 10.3. The number of para-hydroxylation sites is 1. The number of methoxy groups -OCH3 is 1. The molecule has 1 unspecified atom stereocenters. The number of aliphatic hydroxyl groups is 2. The number of aromatic nitrogens is 1. The van der Waals surface area contributed by atoms with E-state index in [1.165, 1.54) is 21.0 Å². The fourth-order valence-corrected chi connectivity index (χ4v) is 4.84. The van der Waals surface area contributed by atoms with Gasteiger partial charge in [-0.15, -0.1) is 0 Å². The van der Waals surface area contributed by atoms with Crippen molar-refractivity contribution in [3.05, 3.63) is 36.0 Å². The molecule has 1 aromatic carbocycles. The normalized spacial score (nSPS) is 20.5. The number of carbonyl (C=O) groups is 5. The number of hydrogen-bond acceptors (Lipinski definition) is 8. The predicted molar refractivity (Wildman–Crippen MR) is 144 cm³/mol. The Bertz CT molecular complexity index is 1280. The lowest BCUT2D eigenvalue weighted by atomic mass is 10.0. The second-order valence-corrected chi connectivity index (χ2v) is 10.0. The fourth-order valence-electron chi connectivity index (χ4n) is 4.84. The van der Waals surface area contributed by atoms with Gasteiger partial charge in [-0.1, -0.05) is 18.2 Å². The van der Waals surface area contributed by atoms with Crippen molar-refractivity contribution < 1.29 is 44.0 Å². The van der Waals surface area contributed by atoms with Gasteiger partial charge in [-0.05, 0) is 25.5 Å². The Morgan fingerprint density at radius 3 is 2.32 bits per heavy atom. The number of aromatic amines is 1. The van der Waals surface area contributed by atoms with Gasteiger partial charge < -0.3 is 51.6 Å². The molecule has 15 nitrogen and oxygen atoms in total. The van der Waals surface area contributed by atoms with Crippen LogP contribution >= 0.6 is 0 Å². The number of hydrogen-bond donors (Lipinski definition) is 8. The summed E-state index contributed by atoms with van der Waals surface area (Å²) >= 11 is 0. The zero-order chi connectivity index (χ0) is 30.4. The highest BCUT2D eigenvalue weighted by Gasteiger charge is 2.44. The van der Waals surface area contributed by atoms with Crippen LogP contribution in [0.2, 0.25) is 0 Å². The third-order valence-electron chi connectivity index (χ3n) is 7.03. The van der Waals surface area contributed by atoms with Gasteiger partial charge in [0.1, 0.15) is 24.2 Å². The lowest BCUT2D eigenvalue weighted by Crippen LogP contribution is -2.60. The van der Waals surface area contributed by atoms with Gasteiger partial charge in [-0.2, -0.15) is 0 Å². The second kappa shape index (κ2) is 13.4. The number of ether oxygens (including phenoxy) is 1. The molecule has 1 aliphatic heterocycles. The van der Waals surface area contributed by atoms with Crippen LogP contribution in [0.1, 0.15) is 25.8 Å². The summed E-state index contributed by atoms with van der Waals surface area (Å²) in [5, 5.41) is 36.9. The standard InChI is InChI=1S/C26H36N6O9/c1-12(33)20(22(27)35)30-23(36)18(8-14-10-28-17-7-5-4-6-16(14)17)29-24(37)19-9-15(41-3)11-32(19)25(38)21(13(2)34)31-26(39)40/h4-7,10,12-13,15,18-21,28,31,33-34H,8-9,11H2,1-3H3,(H2,27,35)(H,29,37)(H,30,36)(H,39,40)/t12-,13-,15-,18?,19+,20+,21+/m1/s1. The number of nitrogens with zero attached hydrogens (tertiary/aromatic N) is 1. The van der Waals surface area contributed by atoms with Crippen molar-refractivity contribution in [1.82, 2.24) is 25.8 Å². The van der Waals surface area contributed by atoms with Crippen LogP contribution in [0.3, 0.4) is 0 Å². The highest BCUT2D eigenvalue weighted by atomic mass is 16.5. The molecule has 41 heavy (non-hydrogen) atoms. The van der Waals surface area contributed by atoms with Crippen molar-refractivity contribution in [2.24, 2.45) is 5.73 Å². The van der Waals surface area contributed by atoms with Crippen molar-refractivity contribution in [1.29, 1.82) is 0 Å². The number of aliphatic hydroxyl groups excluding tert-OH is 2. The first-order valence-corrected chi connectivity index (χ1v) is 13.0. The van der Waals surface area contributed by atoms with Gasteiger partial charge in [0.2, 0.25) is 23.6 Å². The third-order valence-corrected chi connectivity index (χ3v) is 7.03. The number of likely N-dealkylation sites (tertiary alicyclic amines) is 1. The molecule has 0 bridgehead atoms. The monoisotopic (exact) mass is 576 g/mol. The largest absolute Gasteiger partial charge is 0.465 e. The Hall–Kier alpha value is -4.21.